The molecule has 0 aliphatic carbocycles. The fourth-order valence-electron chi connectivity index (χ4n) is 4.97. The van der Waals surface area contributed by atoms with Gasteiger partial charge in [-0.2, -0.15) is 5.26 Å². The summed E-state index contributed by atoms with van der Waals surface area (Å²) in [6, 6.07) is 13.4. The van der Waals surface area contributed by atoms with Crippen molar-refractivity contribution in [1.82, 2.24) is 4.57 Å². The number of aryl methyl sites for hydroxylation is 2. The first kappa shape index (κ1) is 27.6. The second kappa shape index (κ2) is 11.6. The first-order valence-corrected chi connectivity index (χ1v) is 14.3. The van der Waals surface area contributed by atoms with Gasteiger partial charge in [0.05, 0.1) is 53.3 Å². The number of nitriles is 1. The summed E-state index contributed by atoms with van der Waals surface area (Å²) in [6.07, 6.45) is 9.93. The molecule has 0 radical (unpaired) electrons. The van der Waals surface area contributed by atoms with Gasteiger partial charge in [-0.25, -0.2) is 22.4 Å². The lowest BCUT2D eigenvalue weighted by Crippen LogP contribution is -2.31. The van der Waals surface area contributed by atoms with Gasteiger partial charge in [0.15, 0.2) is 16.7 Å². The number of rotatable bonds is 9. The predicted molar refractivity (Wildman–Crippen MR) is 152 cm³/mol. The van der Waals surface area contributed by atoms with Gasteiger partial charge in [-0.1, -0.05) is 24.3 Å². The molecule has 200 valence electrons. The van der Waals surface area contributed by atoms with E-state index in [0.717, 1.165) is 47.1 Å². The molecular weight excluding hydrogens is 512 g/mol. The monoisotopic (exact) mass is 542 g/mol. The highest BCUT2D eigenvalue weighted by Gasteiger charge is 2.29. The van der Waals surface area contributed by atoms with Gasteiger partial charge in [-0.15, -0.1) is 0 Å². The summed E-state index contributed by atoms with van der Waals surface area (Å²) in [6.45, 7) is 13.4. The highest BCUT2D eigenvalue weighted by atomic mass is 32.2. The molecule has 2 aromatic carbocycles. The van der Waals surface area contributed by atoms with Crippen LogP contribution in [0.4, 0.5) is 17.1 Å². The Bertz CT molecular complexity index is 1690. The van der Waals surface area contributed by atoms with Crippen LogP contribution in [0.25, 0.3) is 22.0 Å². The standard InChI is InChI=1S/C29H30N6O3S/c1-5-33-25-15-13-22(21-30)19-26(25)34(6-2)29(33)12-9-7-8-11-28-32(4)24-16-14-23(31-3)20-27(24)35(28)17-10-18-39(36,37)38/h7-9,11-16,19-20H,5-6,10,17-18H2,1-2,4H3. The van der Waals surface area contributed by atoms with Gasteiger partial charge in [0.25, 0.3) is 5.82 Å². The number of anilines is 2. The molecule has 3 aromatic rings. The maximum Gasteiger partial charge on any atom is 0.282 e. The normalized spacial score (nSPS) is 14.6. The Hall–Kier alpha value is -4.38. The Balaban J connectivity index is 1.64. The molecule has 10 heteroatoms. The Morgan fingerprint density at radius 2 is 1.82 bits per heavy atom. The number of imidazole rings is 1. The summed E-state index contributed by atoms with van der Waals surface area (Å²) in [5.74, 6) is 1.39. The third kappa shape index (κ3) is 5.73. The third-order valence-electron chi connectivity index (χ3n) is 6.72. The van der Waals surface area contributed by atoms with Crippen molar-refractivity contribution in [1.29, 1.82) is 5.26 Å². The molecule has 4 rings (SSSR count). The van der Waals surface area contributed by atoms with Crippen LogP contribution in [0, 0.1) is 17.9 Å². The molecule has 2 heterocycles. The van der Waals surface area contributed by atoms with Crippen molar-refractivity contribution in [3.05, 3.63) is 89.3 Å². The molecule has 0 N–H and O–H groups in total. The van der Waals surface area contributed by atoms with Gasteiger partial charge in [-0.05, 0) is 56.7 Å². The molecule has 1 aliphatic rings. The van der Waals surface area contributed by atoms with Gasteiger partial charge in [-0.3, -0.25) is 0 Å². The number of benzene rings is 2. The lowest BCUT2D eigenvalue weighted by Gasteiger charge is -2.23. The van der Waals surface area contributed by atoms with Crippen LogP contribution in [0.1, 0.15) is 31.7 Å². The molecule has 0 atom stereocenters. The quantitative estimate of drug-likeness (QED) is 0.170. The van der Waals surface area contributed by atoms with Crippen molar-refractivity contribution in [3.8, 4) is 6.07 Å². The van der Waals surface area contributed by atoms with Gasteiger partial charge >= 0.3 is 0 Å². The van der Waals surface area contributed by atoms with E-state index in [1.807, 2.05) is 70.8 Å². The van der Waals surface area contributed by atoms with Crippen molar-refractivity contribution in [3.63, 3.8) is 0 Å². The second-order valence-corrected chi connectivity index (χ2v) is 10.6. The number of hydrogen-bond donors (Lipinski definition) is 0. The minimum absolute atomic E-state index is 0.175. The zero-order valence-corrected chi connectivity index (χ0v) is 23.0. The van der Waals surface area contributed by atoms with Crippen molar-refractivity contribution >= 4 is 44.3 Å². The van der Waals surface area contributed by atoms with Crippen LogP contribution in [0.2, 0.25) is 0 Å². The smallest absolute Gasteiger partial charge is 0.282 e. The minimum Gasteiger partial charge on any atom is -0.748 e. The van der Waals surface area contributed by atoms with Crippen molar-refractivity contribution in [2.75, 3.05) is 28.6 Å². The van der Waals surface area contributed by atoms with Crippen LogP contribution in [0.5, 0.6) is 0 Å². The maximum absolute atomic E-state index is 11.2. The van der Waals surface area contributed by atoms with E-state index in [2.05, 4.69) is 34.6 Å². The zero-order chi connectivity index (χ0) is 28.2. The number of nitrogens with zero attached hydrogens (tertiary/aromatic N) is 6. The highest BCUT2D eigenvalue weighted by Crippen LogP contribution is 2.41. The lowest BCUT2D eigenvalue weighted by molar-refractivity contribution is -0.647. The summed E-state index contributed by atoms with van der Waals surface area (Å²) in [5.41, 5.74) is 4.91. The molecule has 0 saturated heterocycles. The molecule has 0 spiro atoms. The van der Waals surface area contributed by atoms with E-state index < -0.39 is 15.9 Å². The summed E-state index contributed by atoms with van der Waals surface area (Å²) in [5, 5.41) is 9.33. The summed E-state index contributed by atoms with van der Waals surface area (Å²) >= 11 is 0. The molecule has 1 aromatic heterocycles. The molecule has 0 saturated carbocycles. The Labute approximate surface area is 229 Å². The van der Waals surface area contributed by atoms with E-state index in [1.54, 1.807) is 12.1 Å². The van der Waals surface area contributed by atoms with Crippen LogP contribution in [-0.4, -0.2) is 36.4 Å². The van der Waals surface area contributed by atoms with E-state index in [0.29, 0.717) is 17.8 Å². The molecular formula is C29H30N6O3S. The maximum atomic E-state index is 11.2. The largest absolute Gasteiger partial charge is 0.748 e. The second-order valence-electron chi connectivity index (χ2n) is 9.04. The molecule has 9 nitrogen and oxygen atoms in total. The SMILES string of the molecule is [C-]#[N+]c1ccc2c(c1)n(CCCS(=O)(=O)[O-])c(/C=C/C=C/C=C1\N(CC)c3ccc(C#N)cc3N1CC)[n+]2C. The lowest BCUT2D eigenvalue weighted by atomic mass is 10.2. The minimum atomic E-state index is -4.31. The Morgan fingerprint density at radius 1 is 1.08 bits per heavy atom. The van der Waals surface area contributed by atoms with Crippen LogP contribution in [-0.2, 0) is 23.7 Å². The number of hydrogen-bond acceptors (Lipinski definition) is 6. The highest BCUT2D eigenvalue weighted by molar-refractivity contribution is 7.85. The van der Waals surface area contributed by atoms with E-state index in [4.69, 9.17) is 6.57 Å². The molecule has 0 amide bonds. The van der Waals surface area contributed by atoms with Gasteiger partial charge in [0.2, 0.25) is 0 Å². The Morgan fingerprint density at radius 3 is 2.49 bits per heavy atom. The Kier molecular flexibility index (Phi) is 8.20. The molecule has 0 fully saturated rings. The third-order valence-corrected chi connectivity index (χ3v) is 7.51. The van der Waals surface area contributed by atoms with Crippen molar-refractivity contribution in [2.24, 2.45) is 7.05 Å². The topological polar surface area (TPSA) is 101 Å². The van der Waals surface area contributed by atoms with Gasteiger partial charge in [0.1, 0.15) is 5.82 Å². The predicted octanol–water partition coefficient (Wildman–Crippen LogP) is 4.60. The molecule has 0 bridgehead atoms. The van der Waals surface area contributed by atoms with E-state index in [1.165, 1.54) is 0 Å². The number of fused-ring (bicyclic) bond motifs is 2. The molecule has 39 heavy (non-hydrogen) atoms. The average Bonchev–Trinajstić information content (AvgIpc) is 3.37. The number of aromatic nitrogens is 2. The summed E-state index contributed by atoms with van der Waals surface area (Å²) < 4.78 is 37.4. The van der Waals surface area contributed by atoms with Crippen molar-refractivity contribution < 1.29 is 17.5 Å². The average molecular weight is 543 g/mol. The van der Waals surface area contributed by atoms with E-state index in [-0.39, 0.29) is 6.42 Å². The van der Waals surface area contributed by atoms with Crippen molar-refractivity contribution in [2.45, 2.75) is 26.8 Å². The first-order chi connectivity index (χ1) is 18.7. The summed E-state index contributed by atoms with van der Waals surface area (Å²) in [7, 11) is -2.40. The van der Waals surface area contributed by atoms with Crippen LogP contribution in [0.15, 0.2) is 66.5 Å². The molecule has 1 aliphatic heterocycles. The van der Waals surface area contributed by atoms with Gasteiger partial charge < -0.3 is 14.4 Å². The molecule has 0 unspecified atom stereocenters. The van der Waals surface area contributed by atoms with Crippen LogP contribution < -0.4 is 14.4 Å². The zero-order valence-electron chi connectivity index (χ0n) is 22.2. The van der Waals surface area contributed by atoms with E-state index >= 15 is 0 Å². The fraction of sp³-hybridized carbons (Fsp3) is 0.276. The summed E-state index contributed by atoms with van der Waals surface area (Å²) in [4.78, 5) is 7.92. The fourth-order valence-corrected chi connectivity index (χ4v) is 5.45. The van der Waals surface area contributed by atoms with E-state index in [9.17, 15) is 18.2 Å². The number of allylic oxidation sites excluding steroid dienone is 4. The van der Waals surface area contributed by atoms with Crippen LogP contribution >= 0.6 is 0 Å². The van der Waals surface area contributed by atoms with Gasteiger partial charge in [0, 0.05) is 24.9 Å². The van der Waals surface area contributed by atoms with Crippen LogP contribution in [0.3, 0.4) is 0 Å². The first-order valence-electron chi connectivity index (χ1n) is 12.7.